The summed E-state index contributed by atoms with van der Waals surface area (Å²) in [6, 6.07) is 5.67. The minimum Gasteiger partial charge on any atom is -0.387 e. The van der Waals surface area contributed by atoms with E-state index < -0.39 is 15.9 Å². The summed E-state index contributed by atoms with van der Waals surface area (Å²) in [6.45, 7) is 0.336. The number of aliphatic hydroxyl groups excluding tert-OH is 1. The third kappa shape index (κ3) is 4.02. The maximum atomic E-state index is 12.9. The topological polar surface area (TPSA) is 57.6 Å². The third-order valence-corrected chi connectivity index (χ3v) is 5.90. The third-order valence-electron chi connectivity index (χ3n) is 4.25. The van der Waals surface area contributed by atoms with Gasteiger partial charge in [-0.3, -0.25) is 4.90 Å². The Labute approximate surface area is 125 Å². The van der Waals surface area contributed by atoms with Gasteiger partial charge in [-0.1, -0.05) is 18.6 Å². The van der Waals surface area contributed by atoms with E-state index in [9.17, 15) is 17.9 Å². The van der Waals surface area contributed by atoms with Crippen molar-refractivity contribution in [2.75, 3.05) is 19.8 Å². The van der Waals surface area contributed by atoms with Crippen LogP contribution in [0.15, 0.2) is 24.3 Å². The normalized spacial score (nSPS) is 24.4. The Morgan fingerprint density at radius 2 is 1.95 bits per heavy atom. The molecule has 0 radical (unpaired) electrons. The van der Waals surface area contributed by atoms with Gasteiger partial charge in [0.2, 0.25) is 0 Å². The molecule has 21 heavy (non-hydrogen) atoms. The van der Waals surface area contributed by atoms with Crippen molar-refractivity contribution in [2.45, 2.75) is 36.7 Å². The largest absolute Gasteiger partial charge is 0.387 e. The maximum Gasteiger partial charge on any atom is 0.151 e. The Bertz CT molecular complexity index is 573. The zero-order valence-electron chi connectivity index (χ0n) is 12.4. The van der Waals surface area contributed by atoms with E-state index in [1.807, 2.05) is 11.9 Å². The van der Waals surface area contributed by atoms with Crippen molar-refractivity contribution in [3.8, 4) is 0 Å². The summed E-state index contributed by atoms with van der Waals surface area (Å²) in [4.78, 5) is 1.91. The summed E-state index contributed by atoms with van der Waals surface area (Å²) < 4.78 is 36.5. The van der Waals surface area contributed by atoms with Crippen LogP contribution in [0.1, 0.15) is 30.9 Å². The van der Waals surface area contributed by atoms with Crippen LogP contribution in [0.4, 0.5) is 4.39 Å². The number of rotatable bonds is 5. The van der Waals surface area contributed by atoms with E-state index in [2.05, 4.69) is 0 Å². The average Bonchev–Trinajstić information content (AvgIpc) is 2.88. The van der Waals surface area contributed by atoms with Crippen LogP contribution in [-0.4, -0.2) is 49.6 Å². The van der Waals surface area contributed by atoms with Crippen molar-refractivity contribution in [3.05, 3.63) is 35.6 Å². The van der Waals surface area contributed by atoms with Gasteiger partial charge >= 0.3 is 0 Å². The lowest BCUT2D eigenvalue weighted by Gasteiger charge is -2.30. The quantitative estimate of drug-likeness (QED) is 0.899. The van der Waals surface area contributed by atoms with E-state index >= 15 is 0 Å². The van der Waals surface area contributed by atoms with Gasteiger partial charge in [-0.05, 0) is 37.6 Å². The highest BCUT2D eigenvalue weighted by atomic mass is 32.2. The zero-order valence-corrected chi connectivity index (χ0v) is 13.2. The van der Waals surface area contributed by atoms with Crippen LogP contribution in [0.2, 0.25) is 0 Å². The summed E-state index contributed by atoms with van der Waals surface area (Å²) in [5.41, 5.74) is 0.636. The van der Waals surface area contributed by atoms with Gasteiger partial charge in [0.15, 0.2) is 9.84 Å². The molecule has 1 aromatic carbocycles. The zero-order chi connectivity index (χ0) is 15.6. The Balaban J connectivity index is 2.03. The highest BCUT2D eigenvalue weighted by Crippen LogP contribution is 2.29. The molecule has 1 aromatic rings. The lowest BCUT2D eigenvalue weighted by atomic mass is 10.1. The first-order valence-electron chi connectivity index (χ1n) is 7.11. The number of likely N-dealkylation sites (N-methyl/N-ethyl adjacent to an activating group) is 1. The first-order chi connectivity index (χ1) is 9.79. The van der Waals surface area contributed by atoms with Crippen molar-refractivity contribution < 1.29 is 17.9 Å². The van der Waals surface area contributed by atoms with E-state index in [1.54, 1.807) is 12.1 Å². The SMILES string of the molecule is CN(CC(O)c1ccc(F)cc1)C1CCCC1S(C)(=O)=O. The van der Waals surface area contributed by atoms with Crippen molar-refractivity contribution in [1.82, 2.24) is 4.90 Å². The Morgan fingerprint density at radius 1 is 1.33 bits per heavy atom. The van der Waals surface area contributed by atoms with Crippen molar-refractivity contribution in [3.63, 3.8) is 0 Å². The molecule has 1 N–H and O–H groups in total. The molecular weight excluding hydrogens is 293 g/mol. The molecular formula is C15H22FNO3S. The van der Waals surface area contributed by atoms with Gasteiger partial charge in [-0.25, -0.2) is 12.8 Å². The molecule has 0 spiro atoms. The molecule has 3 atom stereocenters. The highest BCUT2D eigenvalue weighted by molar-refractivity contribution is 7.91. The van der Waals surface area contributed by atoms with E-state index in [1.165, 1.54) is 18.4 Å². The number of benzene rings is 1. The van der Waals surface area contributed by atoms with Gasteiger partial charge in [0.05, 0.1) is 11.4 Å². The second-order valence-electron chi connectivity index (χ2n) is 5.87. The van der Waals surface area contributed by atoms with E-state index in [0.717, 1.165) is 12.8 Å². The van der Waals surface area contributed by atoms with Gasteiger partial charge in [-0.2, -0.15) is 0 Å². The molecule has 0 amide bonds. The molecule has 1 aliphatic rings. The number of hydrogen-bond donors (Lipinski definition) is 1. The van der Waals surface area contributed by atoms with Crippen LogP contribution in [0.25, 0.3) is 0 Å². The predicted molar refractivity (Wildman–Crippen MR) is 80.3 cm³/mol. The van der Waals surface area contributed by atoms with Crippen LogP contribution in [0, 0.1) is 5.82 Å². The number of halogens is 1. The fourth-order valence-electron chi connectivity index (χ4n) is 3.11. The standard InChI is InChI=1S/C15H22FNO3S/c1-17(13-4-3-5-15(13)21(2,19)20)10-14(18)11-6-8-12(16)9-7-11/h6-9,13-15,18H,3-5,10H2,1-2H3. The average molecular weight is 315 g/mol. The predicted octanol–water partition coefficient (Wildman–Crippen LogP) is 1.76. The molecule has 1 saturated carbocycles. The number of hydrogen-bond acceptors (Lipinski definition) is 4. The van der Waals surface area contributed by atoms with Gasteiger partial charge in [0.1, 0.15) is 5.82 Å². The molecule has 0 heterocycles. The first-order valence-corrected chi connectivity index (χ1v) is 9.07. The van der Waals surface area contributed by atoms with Crippen LogP contribution in [0.5, 0.6) is 0 Å². The van der Waals surface area contributed by atoms with Gasteiger partial charge in [0, 0.05) is 18.8 Å². The monoisotopic (exact) mass is 315 g/mol. The molecule has 1 fully saturated rings. The summed E-state index contributed by atoms with van der Waals surface area (Å²) in [5, 5.41) is 9.86. The van der Waals surface area contributed by atoms with Crippen LogP contribution in [0.3, 0.4) is 0 Å². The van der Waals surface area contributed by atoms with Crippen LogP contribution < -0.4 is 0 Å². The molecule has 2 rings (SSSR count). The number of aliphatic hydroxyl groups is 1. The van der Waals surface area contributed by atoms with Gasteiger partial charge in [0.25, 0.3) is 0 Å². The number of sulfone groups is 1. The first kappa shape index (κ1) is 16.4. The summed E-state index contributed by atoms with van der Waals surface area (Å²) >= 11 is 0. The molecule has 4 nitrogen and oxygen atoms in total. The number of nitrogens with zero attached hydrogens (tertiary/aromatic N) is 1. The highest BCUT2D eigenvalue weighted by Gasteiger charge is 2.37. The smallest absolute Gasteiger partial charge is 0.151 e. The minimum absolute atomic E-state index is 0.0601. The van der Waals surface area contributed by atoms with Crippen molar-refractivity contribution in [2.24, 2.45) is 0 Å². The van der Waals surface area contributed by atoms with Crippen LogP contribution >= 0.6 is 0 Å². The molecule has 3 unspecified atom stereocenters. The molecule has 118 valence electrons. The molecule has 0 aliphatic heterocycles. The fraction of sp³-hybridized carbons (Fsp3) is 0.600. The Morgan fingerprint density at radius 3 is 2.52 bits per heavy atom. The molecule has 0 aromatic heterocycles. The maximum absolute atomic E-state index is 12.9. The second-order valence-corrected chi connectivity index (χ2v) is 8.14. The second kappa shape index (κ2) is 6.42. The Kier molecular flexibility index (Phi) is 5.01. The van der Waals surface area contributed by atoms with Crippen molar-refractivity contribution in [1.29, 1.82) is 0 Å². The molecule has 1 aliphatic carbocycles. The summed E-state index contributed by atoms with van der Waals surface area (Å²) in [5.74, 6) is -0.341. The summed E-state index contributed by atoms with van der Waals surface area (Å²) in [7, 11) is -1.24. The van der Waals surface area contributed by atoms with E-state index in [-0.39, 0.29) is 17.1 Å². The lowest BCUT2D eigenvalue weighted by molar-refractivity contribution is 0.106. The van der Waals surface area contributed by atoms with Crippen LogP contribution in [-0.2, 0) is 9.84 Å². The van der Waals surface area contributed by atoms with E-state index in [0.29, 0.717) is 18.5 Å². The molecule has 0 bridgehead atoms. The van der Waals surface area contributed by atoms with Gasteiger partial charge in [-0.15, -0.1) is 0 Å². The fourth-order valence-corrected chi connectivity index (χ4v) is 4.62. The Hall–Kier alpha value is -0.980. The lowest BCUT2D eigenvalue weighted by Crippen LogP contribution is -2.43. The minimum atomic E-state index is -3.08. The van der Waals surface area contributed by atoms with Crippen molar-refractivity contribution >= 4 is 9.84 Å². The van der Waals surface area contributed by atoms with E-state index in [4.69, 9.17) is 0 Å². The van der Waals surface area contributed by atoms with Gasteiger partial charge < -0.3 is 5.11 Å². The molecule has 6 heteroatoms. The summed E-state index contributed by atoms with van der Waals surface area (Å²) in [6.07, 6.45) is 2.92. The molecule has 0 saturated heterocycles.